The van der Waals surface area contributed by atoms with Crippen LogP contribution in [0, 0.1) is 16.7 Å². The van der Waals surface area contributed by atoms with Crippen molar-refractivity contribution in [1.29, 1.82) is 0 Å². The van der Waals surface area contributed by atoms with Crippen LogP contribution in [0.4, 0.5) is 0 Å². The minimum Gasteiger partial charge on any atom is -0.480 e. The topological polar surface area (TPSA) is 66.4 Å². The quantitative estimate of drug-likeness (QED) is 0.723. The Bertz CT molecular complexity index is 276. The van der Waals surface area contributed by atoms with Gasteiger partial charge in [0, 0.05) is 6.54 Å². The number of hydrogen-bond acceptors (Lipinski definition) is 2. The molecule has 94 valence electrons. The molecule has 4 nitrogen and oxygen atoms in total. The highest BCUT2D eigenvalue weighted by atomic mass is 16.4. The average Bonchev–Trinajstić information content (AvgIpc) is 2.11. The second-order valence-electron chi connectivity index (χ2n) is 5.91. The zero-order valence-corrected chi connectivity index (χ0v) is 11.0. The van der Waals surface area contributed by atoms with Crippen LogP contribution in [0.1, 0.15) is 41.5 Å². The summed E-state index contributed by atoms with van der Waals surface area (Å²) in [7, 11) is 0. The highest BCUT2D eigenvalue weighted by Crippen LogP contribution is 2.25. The first kappa shape index (κ1) is 14.9. The fraction of sp³-hybridized carbons (Fsp3) is 0.833. The fourth-order valence-corrected chi connectivity index (χ4v) is 0.870. The van der Waals surface area contributed by atoms with Crippen molar-refractivity contribution in [1.82, 2.24) is 5.32 Å². The van der Waals surface area contributed by atoms with Crippen molar-refractivity contribution in [2.75, 3.05) is 6.54 Å². The largest absolute Gasteiger partial charge is 0.480 e. The van der Waals surface area contributed by atoms with E-state index in [9.17, 15) is 9.59 Å². The van der Waals surface area contributed by atoms with E-state index in [1.807, 2.05) is 6.92 Å². The molecule has 1 atom stereocenters. The van der Waals surface area contributed by atoms with E-state index >= 15 is 0 Å². The molecule has 0 aliphatic carbocycles. The molecule has 16 heavy (non-hydrogen) atoms. The molecule has 1 unspecified atom stereocenters. The van der Waals surface area contributed by atoms with Gasteiger partial charge in [-0.1, -0.05) is 27.7 Å². The van der Waals surface area contributed by atoms with Gasteiger partial charge in [-0.15, -0.1) is 0 Å². The SMILES string of the molecule is CC(CNC(=O)C(C)(C)C(=O)O)C(C)(C)C. The van der Waals surface area contributed by atoms with Gasteiger partial charge in [0.25, 0.3) is 0 Å². The summed E-state index contributed by atoms with van der Waals surface area (Å²) < 4.78 is 0. The van der Waals surface area contributed by atoms with Crippen molar-refractivity contribution < 1.29 is 14.7 Å². The maximum absolute atomic E-state index is 11.6. The normalized spacial score (nSPS) is 14.4. The van der Waals surface area contributed by atoms with Gasteiger partial charge in [-0.2, -0.15) is 0 Å². The van der Waals surface area contributed by atoms with Crippen LogP contribution in [0.2, 0.25) is 0 Å². The number of nitrogens with one attached hydrogen (secondary N) is 1. The van der Waals surface area contributed by atoms with E-state index in [1.54, 1.807) is 0 Å². The van der Waals surface area contributed by atoms with Gasteiger partial charge in [-0.3, -0.25) is 9.59 Å². The highest BCUT2D eigenvalue weighted by molar-refractivity contribution is 6.00. The third kappa shape index (κ3) is 3.83. The van der Waals surface area contributed by atoms with E-state index < -0.39 is 17.3 Å². The summed E-state index contributed by atoms with van der Waals surface area (Å²) in [6, 6.07) is 0. The first-order valence-electron chi connectivity index (χ1n) is 5.51. The summed E-state index contributed by atoms with van der Waals surface area (Å²) in [5, 5.41) is 11.6. The van der Waals surface area contributed by atoms with Crippen molar-refractivity contribution in [3.63, 3.8) is 0 Å². The van der Waals surface area contributed by atoms with Crippen molar-refractivity contribution in [2.24, 2.45) is 16.7 Å². The summed E-state index contributed by atoms with van der Waals surface area (Å²) >= 11 is 0. The summed E-state index contributed by atoms with van der Waals surface area (Å²) in [6.45, 7) is 11.6. The number of aliphatic carboxylic acids is 1. The number of carbonyl (C=O) groups excluding carboxylic acids is 1. The van der Waals surface area contributed by atoms with Crippen LogP contribution in [0.15, 0.2) is 0 Å². The van der Waals surface area contributed by atoms with E-state index in [4.69, 9.17) is 5.11 Å². The molecule has 0 saturated heterocycles. The lowest BCUT2D eigenvalue weighted by atomic mass is 9.82. The zero-order valence-electron chi connectivity index (χ0n) is 11.0. The Balaban J connectivity index is 4.35. The molecule has 0 rings (SSSR count). The molecule has 0 bridgehead atoms. The molecule has 0 aliphatic heterocycles. The Morgan fingerprint density at radius 1 is 1.19 bits per heavy atom. The van der Waals surface area contributed by atoms with Gasteiger partial charge in [0.2, 0.25) is 5.91 Å². The second-order valence-corrected chi connectivity index (χ2v) is 5.91. The molecule has 2 N–H and O–H groups in total. The molecule has 0 aliphatic rings. The van der Waals surface area contributed by atoms with Crippen molar-refractivity contribution in [3.05, 3.63) is 0 Å². The summed E-state index contributed by atoms with van der Waals surface area (Å²) in [5.41, 5.74) is -1.27. The number of amides is 1. The van der Waals surface area contributed by atoms with E-state index in [0.717, 1.165) is 0 Å². The van der Waals surface area contributed by atoms with Gasteiger partial charge >= 0.3 is 5.97 Å². The molecule has 0 spiro atoms. The smallest absolute Gasteiger partial charge is 0.318 e. The molecular weight excluding hydrogens is 206 g/mol. The average molecular weight is 229 g/mol. The number of hydrogen-bond donors (Lipinski definition) is 2. The van der Waals surface area contributed by atoms with Crippen LogP contribution < -0.4 is 5.32 Å². The van der Waals surface area contributed by atoms with Gasteiger partial charge in [-0.25, -0.2) is 0 Å². The van der Waals surface area contributed by atoms with Crippen molar-refractivity contribution in [2.45, 2.75) is 41.5 Å². The molecule has 0 radical (unpaired) electrons. The molecular formula is C12H23NO3. The van der Waals surface area contributed by atoms with E-state index in [-0.39, 0.29) is 5.41 Å². The second kappa shape index (κ2) is 4.85. The van der Waals surface area contributed by atoms with E-state index in [2.05, 4.69) is 26.1 Å². The van der Waals surface area contributed by atoms with Gasteiger partial charge in [0.05, 0.1) is 0 Å². The molecule has 0 saturated carbocycles. The molecule has 0 aromatic rings. The monoisotopic (exact) mass is 229 g/mol. The first-order chi connectivity index (χ1) is 6.99. The molecule has 1 amide bonds. The van der Waals surface area contributed by atoms with Gasteiger partial charge < -0.3 is 10.4 Å². The lowest BCUT2D eigenvalue weighted by molar-refractivity contribution is -0.153. The number of carboxylic acid groups (broad SMARTS) is 1. The Morgan fingerprint density at radius 3 is 1.94 bits per heavy atom. The predicted octanol–water partition coefficient (Wildman–Crippen LogP) is 1.90. The zero-order chi connectivity index (χ0) is 13.1. The van der Waals surface area contributed by atoms with Crippen LogP contribution in [0.5, 0.6) is 0 Å². The van der Waals surface area contributed by atoms with Crippen LogP contribution in [0.25, 0.3) is 0 Å². The lowest BCUT2D eigenvalue weighted by Gasteiger charge is -2.28. The third-order valence-electron chi connectivity index (χ3n) is 3.15. The minimum atomic E-state index is -1.36. The Morgan fingerprint density at radius 2 is 1.62 bits per heavy atom. The van der Waals surface area contributed by atoms with Crippen LogP contribution >= 0.6 is 0 Å². The van der Waals surface area contributed by atoms with Crippen LogP contribution in [0.3, 0.4) is 0 Å². The van der Waals surface area contributed by atoms with Gasteiger partial charge in [0.15, 0.2) is 0 Å². The summed E-state index contributed by atoms with van der Waals surface area (Å²) in [4.78, 5) is 22.5. The number of carbonyl (C=O) groups is 2. The Hall–Kier alpha value is -1.06. The molecule has 0 heterocycles. The minimum absolute atomic E-state index is 0.0979. The van der Waals surface area contributed by atoms with Crippen molar-refractivity contribution in [3.8, 4) is 0 Å². The molecule has 0 fully saturated rings. The first-order valence-corrected chi connectivity index (χ1v) is 5.51. The standard InChI is InChI=1S/C12H23NO3/c1-8(11(2,3)4)7-13-9(14)12(5,6)10(15)16/h8H,7H2,1-6H3,(H,13,14)(H,15,16). The number of carboxylic acids is 1. The van der Waals surface area contributed by atoms with Gasteiger partial charge in [0.1, 0.15) is 5.41 Å². The van der Waals surface area contributed by atoms with E-state index in [1.165, 1.54) is 13.8 Å². The number of rotatable bonds is 4. The predicted molar refractivity (Wildman–Crippen MR) is 63.0 cm³/mol. The Labute approximate surface area is 97.4 Å². The molecule has 0 aromatic carbocycles. The summed E-state index contributed by atoms with van der Waals surface area (Å²) in [5.74, 6) is -1.24. The summed E-state index contributed by atoms with van der Waals surface area (Å²) in [6.07, 6.45) is 0. The lowest BCUT2D eigenvalue weighted by Crippen LogP contribution is -2.44. The van der Waals surface area contributed by atoms with Crippen LogP contribution in [-0.4, -0.2) is 23.5 Å². The highest BCUT2D eigenvalue weighted by Gasteiger charge is 2.36. The third-order valence-corrected chi connectivity index (χ3v) is 3.15. The van der Waals surface area contributed by atoms with Gasteiger partial charge in [-0.05, 0) is 25.2 Å². The fourth-order valence-electron chi connectivity index (χ4n) is 0.870. The van der Waals surface area contributed by atoms with E-state index in [0.29, 0.717) is 12.5 Å². The Kier molecular flexibility index (Phi) is 4.53. The molecule has 4 heteroatoms. The maximum Gasteiger partial charge on any atom is 0.318 e. The molecule has 0 aromatic heterocycles. The maximum atomic E-state index is 11.6. The van der Waals surface area contributed by atoms with Crippen molar-refractivity contribution >= 4 is 11.9 Å². The van der Waals surface area contributed by atoms with Crippen LogP contribution in [-0.2, 0) is 9.59 Å².